The molecule has 1 aromatic carbocycles. The highest BCUT2D eigenvalue weighted by atomic mass is 32.2. The number of halogens is 6. The molecular formula is C19H16F6N2O4S. The summed E-state index contributed by atoms with van der Waals surface area (Å²) >= 11 is 0. The van der Waals surface area contributed by atoms with Gasteiger partial charge in [0.25, 0.3) is 0 Å². The fourth-order valence-corrected chi connectivity index (χ4v) is 3.77. The Morgan fingerprint density at radius 3 is 2.41 bits per heavy atom. The zero-order valence-electron chi connectivity index (χ0n) is 16.2. The highest BCUT2D eigenvalue weighted by Crippen LogP contribution is 2.33. The fourth-order valence-electron chi connectivity index (χ4n) is 3.10. The predicted molar refractivity (Wildman–Crippen MR) is 99.3 cm³/mol. The molecule has 1 aromatic heterocycles. The average Bonchev–Trinajstić information content (AvgIpc) is 2.71. The lowest BCUT2D eigenvalue weighted by molar-refractivity contribution is -0.138. The molecule has 0 fully saturated rings. The molecule has 174 valence electrons. The third-order valence-electron chi connectivity index (χ3n) is 4.79. The molecule has 0 atom stereocenters. The van der Waals surface area contributed by atoms with Gasteiger partial charge < -0.3 is 9.64 Å². The third-order valence-corrected chi connectivity index (χ3v) is 6.24. The van der Waals surface area contributed by atoms with Crippen molar-refractivity contribution in [1.29, 1.82) is 0 Å². The monoisotopic (exact) mass is 482 g/mol. The van der Waals surface area contributed by atoms with Gasteiger partial charge in [0.05, 0.1) is 11.3 Å². The Balaban J connectivity index is 1.68. The van der Waals surface area contributed by atoms with E-state index < -0.39 is 45.2 Å². The van der Waals surface area contributed by atoms with E-state index in [4.69, 9.17) is 4.74 Å². The minimum Gasteiger partial charge on any atom is -0.439 e. The van der Waals surface area contributed by atoms with Gasteiger partial charge in [-0.25, -0.2) is 13.4 Å². The van der Waals surface area contributed by atoms with Gasteiger partial charge in [-0.05, 0) is 24.1 Å². The van der Waals surface area contributed by atoms with Crippen molar-refractivity contribution in [1.82, 2.24) is 9.88 Å². The number of aromatic nitrogens is 1. The largest absolute Gasteiger partial charge is 0.497 e. The molecule has 2 heterocycles. The van der Waals surface area contributed by atoms with E-state index in [1.54, 1.807) is 18.2 Å². The number of benzene rings is 1. The molecule has 0 spiro atoms. The number of hydrogen-bond donors (Lipinski definition) is 0. The van der Waals surface area contributed by atoms with E-state index in [0.717, 1.165) is 12.1 Å². The molecule has 0 unspecified atom stereocenters. The third kappa shape index (κ3) is 5.31. The van der Waals surface area contributed by atoms with Crippen LogP contribution < -0.4 is 4.74 Å². The minimum atomic E-state index is -5.42. The highest BCUT2D eigenvalue weighted by molar-refractivity contribution is 7.92. The number of amides is 1. The summed E-state index contributed by atoms with van der Waals surface area (Å²) in [5.74, 6) is -1.82. The Morgan fingerprint density at radius 1 is 1.09 bits per heavy atom. The van der Waals surface area contributed by atoms with Crippen molar-refractivity contribution in [3.8, 4) is 11.6 Å². The molecule has 2 aromatic rings. The topological polar surface area (TPSA) is 76.6 Å². The number of sulfone groups is 1. The fraction of sp³-hybridized carbons (Fsp3) is 0.368. The summed E-state index contributed by atoms with van der Waals surface area (Å²) in [5.41, 5.74) is -5.06. The number of fused-ring (bicyclic) bond motifs is 1. The first kappa shape index (κ1) is 23.8. The van der Waals surface area contributed by atoms with Crippen LogP contribution in [0.4, 0.5) is 26.3 Å². The lowest BCUT2D eigenvalue weighted by atomic mass is 9.98. The van der Waals surface area contributed by atoms with Crippen LogP contribution >= 0.6 is 0 Å². The van der Waals surface area contributed by atoms with Crippen LogP contribution in [0, 0.1) is 0 Å². The summed E-state index contributed by atoms with van der Waals surface area (Å²) in [6.07, 6.45) is -4.44. The molecule has 1 aliphatic heterocycles. The zero-order chi connectivity index (χ0) is 23.7. The van der Waals surface area contributed by atoms with Crippen molar-refractivity contribution >= 4 is 15.7 Å². The highest BCUT2D eigenvalue weighted by Gasteiger charge is 2.45. The van der Waals surface area contributed by atoms with Gasteiger partial charge >= 0.3 is 11.7 Å². The first-order chi connectivity index (χ1) is 14.8. The minimum absolute atomic E-state index is 0.0257. The maximum atomic E-state index is 12.6. The van der Waals surface area contributed by atoms with Crippen molar-refractivity contribution in [2.75, 3.05) is 12.3 Å². The van der Waals surface area contributed by atoms with Crippen LogP contribution in [0.1, 0.15) is 23.1 Å². The van der Waals surface area contributed by atoms with E-state index in [9.17, 15) is 39.6 Å². The molecule has 3 rings (SSSR count). The van der Waals surface area contributed by atoms with Gasteiger partial charge in [-0.2, -0.15) is 26.3 Å². The molecule has 1 aliphatic rings. The Bertz CT molecular complexity index is 1100. The number of carbonyl (C=O) groups is 1. The van der Waals surface area contributed by atoms with Gasteiger partial charge in [0.1, 0.15) is 5.75 Å². The predicted octanol–water partition coefficient (Wildman–Crippen LogP) is 4.10. The second kappa shape index (κ2) is 8.60. The Hall–Kier alpha value is -2.83. The van der Waals surface area contributed by atoms with E-state index in [2.05, 4.69) is 4.98 Å². The summed E-state index contributed by atoms with van der Waals surface area (Å²) in [6, 6.07) is 6.72. The van der Waals surface area contributed by atoms with Gasteiger partial charge in [0, 0.05) is 37.3 Å². The number of hydrogen-bond acceptors (Lipinski definition) is 5. The van der Waals surface area contributed by atoms with Gasteiger partial charge in [-0.15, -0.1) is 0 Å². The summed E-state index contributed by atoms with van der Waals surface area (Å²) in [5, 5.41) is 0. The molecule has 0 aliphatic carbocycles. The van der Waals surface area contributed by atoms with Crippen LogP contribution in [0.25, 0.3) is 0 Å². The maximum Gasteiger partial charge on any atom is 0.497 e. The molecule has 1 amide bonds. The van der Waals surface area contributed by atoms with Crippen molar-refractivity contribution in [2.24, 2.45) is 0 Å². The zero-order valence-corrected chi connectivity index (χ0v) is 17.0. The Labute approximate surface area is 178 Å². The van der Waals surface area contributed by atoms with E-state index in [-0.39, 0.29) is 25.4 Å². The Kier molecular flexibility index (Phi) is 6.40. The van der Waals surface area contributed by atoms with E-state index in [1.807, 2.05) is 0 Å². The molecule has 0 bridgehead atoms. The molecule has 0 radical (unpaired) electrons. The lowest BCUT2D eigenvalue weighted by Gasteiger charge is -2.30. The number of ether oxygens (including phenoxy) is 1. The molecule has 0 saturated heterocycles. The molecule has 13 heteroatoms. The second-order valence-corrected chi connectivity index (χ2v) is 9.06. The molecule has 0 N–H and O–H groups in total. The SMILES string of the molecule is O=C(CCS(=O)(=O)C(F)(F)F)N1CCc2c(cccc2Oc2ccc(C(F)(F)F)cn2)C1. The average molecular weight is 482 g/mol. The first-order valence-electron chi connectivity index (χ1n) is 9.16. The van der Waals surface area contributed by atoms with Gasteiger partial charge in [-0.3, -0.25) is 4.79 Å². The van der Waals surface area contributed by atoms with Crippen LogP contribution in [-0.2, 0) is 33.8 Å². The molecular weight excluding hydrogens is 466 g/mol. The van der Waals surface area contributed by atoms with Crippen molar-refractivity contribution in [3.05, 3.63) is 53.2 Å². The maximum absolute atomic E-state index is 12.6. The smallest absolute Gasteiger partial charge is 0.439 e. The van der Waals surface area contributed by atoms with Crippen LogP contribution in [0.2, 0.25) is 0 Å². The van der Waals surface area contributed by atoms with Crippen LogP contribution in [-0.4, -0.2) is 42.0 Å². The summed E-state index contributed by atoms with van der Waals surface area (Å²) in [6.45, 7) is 0.136. The number of carbonyl (C=O) groups excluding carboxylic acids is 1. The molecule has 32 heavy (non-hydrogen) atoms. The van der Waals surface area contributed by atoms with Gasteiger partial charge in [-0.1, -0.05) is 12.1 Å². The number of alkyl halides is 6. The number of pyridine rings is 1. The van der Waals surface area contributed by atoms with Crippen LogP contribution in [0.3, 0.4) is 0 Å². The van der Waals surface area contributed by atoms with E-state index >= 15 is 0 Å². The van der Waals surface area contributed by atoms with E-state index in [0.29, 0.717) is 23.1 Å². The normalized spacial score (nSPS) is 14.8. The van der Waals surface area contributed by atoms with Crippen LogP contribution in [0.5, 0.6) is 11.6 Å². The van der Waals surface area contributed by atoms with E-state index in [1.165, 1.54) is 4.90 Å². The molecule has 6 nitrogen and oxygen atoms in total. The van der Waals surface area contributed by atoms with Crippen molar-refractivity contribution in [3.63, 3.8) is 0 Å². The second-order valence-electron chi connectivity index (χ2n) is 6.96. The summed E-state index contributed by atoms with van der Waals surface area (Å²) < 4.78 is 103. The van der Waals surface area contributed by atoms with Crippen LogP contribution in [0.15, 0.2) is 36.5 Å². The first-order valence-corrected chi connectivity index (χ1v) is 10.8. The number of nitrogens with zero attached hydrogens (tertiary/aromatic N) is 2. The summed E-state index contributed by atoms with van der Waals surface area (Å²) in [4.78, 5) is 17.1. The quantitative estimate of drug-likeness (QED) is 0.600. The standard InChI is InChI=1S/C19H16F6N2O4S/c20-18(21,22)13-4-5-16(26-10-13)31-15-3-1-2-12-11-27(8-6-14(12)15)17(28)7-9-32(29,30)19(23,24)25/h1-5,10H,6-9,11H2. The van der Waals surface area contributed by atoms with Gasteiger partial charge in [0.2, 0.25) is 21.6 Å². The summed E-state index contributed by atoms with van der Waals surface area (Å²) in [7, 11) is -5.39. The van der Waals surface area contributed by atoms with Crippen molar-refractivity contribution in [2.45, 2.75) is 31.1 Å². The van der Waals surface area contributed by atoms with Gasteiger partial charge in [0.15, 0.2) is 0 Å². The Morgan fingerprint density at radius 2 is 1.81 bits per heavy atom. The number of rotatable bonds is 5. The van der Waals surface area contributed by atoms with Crippen molar-refractivity contribution < 1.29 is 44.3 Å². The lowest BCUT2D eigenvalue weighted by Crippen LogP contribution is -2.37. The molecule has 0 saturated carbocycles.